The molecule has 2 aliphatic carbocycles. The molecule has 0 spiro atoms. The Kier molecular flexibility index (Phi) is 3.36. The van der Waals surface area contributed by atoms with E-state index in [9.17, 15) is 4.79 Å². The summed E-state index contributed by atoms with van der Waals surface area (Å²) in [4.78, 5) is 24.2. The van der Waals surface area contributed by atoms with Gasteiger partial charge in [0.1, 0.15) is 6.33 Å². The van der Waals surface area contributed by atoms with Crippen LogP contribution in [0.4, 0.5) is 0 Å². The summed E-state index contributed by atoms with van der Waals surface area (Å²) >= 11 is 0. The van der Waals surface area contributed by atoms with Crippen molar-refractivity contribution < 1.29 is 4.79 Å². The Morgan fingerprint density at radius 1 is 1.36 bits per heavy atom. The molecule has 0 unspecified atom stereocenters. The van der Waals surface area contributed by atoms with Gasteiger partial charge in [0.05, 0.1) is 18.0 Å². The van der Waals surface area contributed by atoms with Crippen molar-refractivity contribution in [1.82, 2.24) is 19.7 Å². The third kappa shape index (κ3) is 2.08. The fraction of sp³-hybridized carbons (Fsp3) is 0.421. The molecule has 0 amide bonds. The molecule has 4 rings (SSSR count). The highest BCUT2D eigenvalue weighted by Crippen LogP contribution is 2.51. The van der Waals surface area contributed by atoms with Crippen molar-refractivity contribution in [2.24, 2.45) is 18.9 Å². The second-order valence-corrected chi connectivity index (χ2v) is 7.15. The highest BCUT2D eigenvalue weighted by molar-refractivity contribution is 6.00. The van der Waals surface area contributed by atoms with E-state index in [-0.39, 0.29) is 23.3 Å². The van der Waals surface area contributed by atoms with E-state index in [1.165, 1.54) is 11.9 Å². The van der Waals surface area contributed by atoms with Crippen LogP contribution in [0.2, 0.25) is 0 Å². The maximum Gasteiger partial charge on any atom is 0.226 e. The van der Waals surface area contributed by atoms with Gasteiger partial charge in [-0.2, -0.15) is 5.10 Å². The molecule has 2 aromatic heterocycles. The number of rotatable bonds is 1. The Hall–Kier alpha value is -2.81. The number of Topliss-reactive ketones (excluding diaryl/α,β-unsaturated/α-hetero) is 1. The smallest absolute Gasteiger partial charge is 0.226 e. The van der Waals surface area contributed by atoms with Crippen molar-refractivity contribution in [3.63, 3.8) is 0 Å². The molecule has 2 aliphatic rings. The van der Waals surface area contributed by atoms with Crippen molar-refractivity contribution >= 4 is 5.78 Å². The van der Waals surface area contributed by atoms with Crippen LogP contribution in [0.25, 0.3) is 16.1 Å². The first-order chi connectivity index (χ1) is 12.0. The molecule has 0 saturated carbocycles. The second-order valence-electron chi connectivity index (χ2n) is 7.15. The molecule has 2 heterocycles. The van der Waals surface area contributed by atoms with Gasteiger partial charge >= 0.3 is 0 Å². The number of nitrogens with zero attached hydrogens (tertiary/aromatic N) is 5. The van der Waals surface area contributed by atoms with E-state index < -0.39 is 5.41 Å². The average Bonchev–Trinajstić information content (AvgIpc) is 2.96. The summed E-state index contributed by atoms with van der Waals surface area (Å²) < 4.78 is 1.88. The number of hydrogen-bond donors (Lipinski definition) is 0. The van der Waals surface area contributed by atoms with Crippen LogP contribution in [-0.2, 0) is 23.7 Å². The third-order valence-electron chi connectivity index (χ3n) is 5.79. The second kappa shape index (κ2) is 5.35. The zero-order valence-electron chi connectivity index (χ0n) is 14.5. The summed E-state index contributed by atoms with van der Waals surface area (Å²) in [6, 6.07) is 0. The van der Waals surface area contributed by atoms with Gasteiger partial charge in [-0.15, -0.1) is 0 Å². The molecule has 25 heavy (non-hydrogen) atoms. The predicted octanol–water partition coefficient (Wildman–Crippen LogP) is 2.72. The molecule has 0 N–H and O–H groups in total. The molecular weight excluding hydrogens is 314 g/mol. The van der Waals surface area contributed by atoms with Crippen molar-refractivity contribution in [3.05, 3.63) is 53.2 Å². The fourth-order valence-corrected chi connectivity index (χ4v) is 4.60. The Bertz CT molecular complexity index is 937. The Labute approximate surface area is 146 Å². The normalized spacial score (nSPS) is 27.9. The number of carbonyl (C=O) groups excluding carboxylic acids is 1. The molecule has 0 fully saturated rings. The number of allylic oxidation sites excluding steroid dienone is 2. The van der Waals surface area contributed by atoms with E-state index in [1.54, 1.807) is 12.4 Å². The fourth-order valence-electron chi connectivity index (χ4n) is 4.60. The standard InChI is InChI=1S/C19H19N5O/c1-11-14-6-5-13-16(12-8-21-10-22-9-12)24(4)23-18(13)19(14,2)7-15(20-3)17(11)25/h7-11,14H,5-6H2,1-2,4H3/t11-,14-,19-/m0/s1. The van der Waals surface area contributed by atoms with Crippen LogP contribution in [0.5, 0.6) is 0 Å². The lowest BCUT2D eigenvalue weighted by atomic mass is 9.58. The lowest BCUT2D eigenvalue weighted by Gasteiger charge is -2.44. The molecule has 6 nitrogen and oxygen atoms in total. The van der Waals surface area contributed by atoms with Gasteiger partial charge in [0.25, 0.3) is 0 Å². The minimum Gasteiger partial charge on any atom is -0.308 e. The summed E-state index contributed by atoms with van der Waals surface area (Å²) in [6.45, 7) is 11.4. The van der Waals surface area contributed by atoms with Gasteiger partial charge in [-0.3, -0.25) is 4.68 Å². The van der Waals surface area contributed by atoms with E-state index >= 15 is 0 Å². The van der Waals surface area contributed by atoms with Crippen molar-refractivity contribution in [2.75, 3.05) is 0 Å². The van der Waals surface area contributed by atoms with Gasteiger partial charge in [0, 0.05) is 41.9 Å². The van der Waals surface area contributed by atoms with Gasteiger partial charge in [-0.05, 0) is 18.8 Å². The number of fused-ring (bicyclic) bond motifs is 3. The maximum absolute atomic E-state index is 12.4. The first-order valence-corrected chi connectivity index (χ1v) is 8.43. The summed E-state index contributed by atoms with van der Waals surface area (Å²) in [7, 11) is 1.93. The third-order valence-corrected chi connectivity index (χ3v) is 5.79. The number of aryl methyl sites for hydroxylation is 1. The number of aromatic nitrogens is 4. The van der Waals surface area contributed by atoms with Gasteiger partial charge in [-0.1, -0.05) is 19.9 Å². The Morgan fingerprint density at radius 3 is 2.76 bits per heavy atom. The first-order valence-electron chi connectivity index (χ1n) is 8.43. The molecule has 0 radical (unpaired) electrons. The van der Waals surface area contributed by atoms with E-state index in [2.05, 4.69) is 21.7 Å². The molecule has 0 aliphatic heterocycles. The van der Waals surface area contributed by atoms with Gasteiger partial charge < -0.3 is 4.79 Å². The summed E-state index contributed by atoms with van der Waals surface area (Å²) in [5.74, 6) is -0.0147. The zero-order chi connectivity index (χ0) is 17.8. The van der Waals surface area contributed by atoms with Crippen molar-refractivity contribution in [2.45, 2.75) is 32.1 Å². The Balaban J connectivity index is 1.94. The molecule has 6 heteroatoms. The van der Waals surface area contributed by atoms with Crippen LogP contribution in [0.15, 0.2) is 30.5 Å². The first kappa shape index (κ1) is 15.7. The molecule has 0 bridgehead atoms. The van der Waals surface area contributed by atoms with Crippen molar-refractivity contribution in [3.8, 4) is 11.3 Å². The summed E-state index contributed by atoms with van der Waals surface area (Å²) in [5.41, 5.74) is 3.97. The highest BCUT2D eigenvalue weighted by Gasteiger charge is 2.50. The van der Waals surface area contributed by atoms with E-state index in [4.69, 9.17) is 11.7 Å². The topological polar surface area (TPSA) is 65.0 Å². The molecule has 0 saturated heterocycles. The minimum absolute atomic E-state index is 0.0338. The lowest BCUT2D eigenvalue weighted by Crippen LogP contribution is -2.45. The van der Waals surface area contributed by atoms with Crippen molar-refractivity contribution in [1.29, 1.82) is 0 Å². The minimum atomic E-state index is -0.396. The van der Waals surface area contributed by atoms with E-state index in [1.807, 2.05) is 24.7 Å². The highest BCUT2D eigenvalue weighted by atomic mass is 16.1. The van der Waals surface area contributed by atoms with Crippen LogP contribution in [0.1, 0.15) is 31.5 Å². The number of hydrogen-bond acceptors (Lipinski definition) is 4. The van der Waals surface area contributed by atoms with E-state index in [0.29, 0.717) is 0 Å². The molecule has 2 aromatic rings. The average molecular weight is 333 g/mol. The monoisotopic (exact) mass is 333 g/mol. The van der Waals surface area contributed by atoms with Gasteiger partial charge in [0.15, 0.2) is 5.78 Å². The molecule has 0 aromatic carbocycles. The summed E-state index contributed by atoms with van der Waals surface area (Å²) in [5, 5.41) is 4.81. The maximum atomic E-state index is 12.4. The van der Waals surface area contributed by atoms with Gasteiger partial charge in [-0.25, -0.2) is 14.8 Å². The Morgan fingerprint density at radius 2 is 2.08 bits per heavy atom. The molecular formula is C19H19N5O. The number of ketones is 1. The van der Waals surface area contributed by atoms with Gasteiger partial charge in [0.2, 0.25) is 5.70 Å². The summed E-state index contributed by atoms with van der Waals surface area (Å²) in [6.07, 6.45) is 8.74. The van der Waals surface area contributed by atoms with Crippen LogP contribution >= 0.6 is 0 Å². The number of carbonyl (C=O) groups is 1. The molecule has 126 valence electrons. The van der Waals surface area contributed by atoms with Crippen LogP contribution in [-0.4, -0.2) is 25.5 Å². The van der Waals surface area contributed by atoms with Crippen LogP contribution in [0.3, 0.4) is 0 Å². The largest absolute Gasteiger partial charge is 0.308 e. The van der Waals surface area contributed by atoms with Crippen LogP contribution in [0, 0.1) is 18.4 Å². The molecule has 3 atom stereocenters. The van der Waals surface area contributed by atoms with Crippen LogP contribution < -0.4 is 0 Å². The zero-order valence-corrected chi connectivity index (χ0v) is 14.5. The SMILES string of the molecule is [C-]#[N+]C1=C[C@]2(C)c3nn(C)c(-c4cncnc4)c3CC[C@H]2[C@H](C)C1=O. The predicted molar refractivity (Wildman–Crippen MR) is 92.3 cm³/mol. The quantitative estimate of drug-likeness (QED) is 0.753. The van der Waals surface area contributed by atoms with E-state index in [0.717, 1.165) is 29.8 Å². The lowest BCUT2D eigenvalue weighted by molar-refractivity contribution is -0.121.